The average molecular weight is 258 g/mol. The first-order chi connectivity index (χ1) is 8.56. The van der Waals surface area contributed by atoms with Crippen molar-refractivity contribution in [2.45, 2.75) is 89.0 Å². The molecule has 0 aromatic heterocycles. The lowest BCUT2D eigenvalue weighted by molar-refractivity contribution is -0.0551. The van der Waals surface area contributed by atoms with E-state index in [1.54, 1.807) is 0 Å². The maximum Gasteiger partial charge on any atom is 0.0838 e. The summed E-state index contributed by atoms with van der Waals surface area (Å²) in [5, 5.41) is 20.1. The Hall–Kier alpha value is -0.160. The molecule has 2 aliphatic rings. The predicted octanol–water partition coefficient (Wildman–Crippen LogP) is 1.62. The molecule has 0 radical (unpaired) electrons. The largest absolute Gasteiger partial charge is 0.390 e. The van der Waals surface area contributed by atoms with Gasteiger partial charge in [0.05, 0.1) is 36.6 Å². The molecule has 2 heterocycles. The summed E-state index contributed by atoms with van der Waals surface area (Å²) < 4.78 is 11.3. The van der Waals surface area contributed by atoms with Gasteiger partial charge in [-0.05, 0) is 52.4 Å². The molecular weight excluding hydrogens is 232 g/mol. The van der Waals surface area contributed by atoms with E-state index < -0.39 is 12.2 Å². The Labute approximate surface area is 109 Å². The van der Waals surface area contributed by atoms with Crippen LogP contribution in [0.1, 0.15) is 52.4 Å². The highest BCUT2D eigenvalue weighted by Crippen LogP contribution is 2.27. The Morgan fingerprint density at radius 2 is 1.22 bits per heavy atom. The molecule has 0 aromatic rings. The van der Waals surface area contributed by atoms with Crippen molar-refractivity contribution in [3.05, 3.63) is 0 Å². The van der Waals surface area contributed by atoms with Crippen molar-refractivity contribution in [3.63, 3.8) is 0 Å². The molecule has 2 aliphatic heterocycles. The number of hydrogen-bond donors (Lipinski definition) is 2. The van der Waals surface area contributed by atoms with Crippen LogP contribution in [0.5, 0.6) is 0 Å². The van der Waals surface area contributed by atoms with E-state index in [1.807, 2.05) is 13.8 Å². The zero-order valence-electron chi connectivity index (χ0n) is 11.4. The fraction of sp³-hybridized carbons (Fsp3) is 1.00. The van der Waals surface area contributed by atoms with Crippen molar-refractivity contribution in [1.82, 2.24) is 0 Å². The molecule has 0 aliphatic carbocycles. The minimum Gasteiger partial charge on any atom is -0.390 e. The van der Waals surface area contributed by atoms with E-state index in [-0.39, 0.29) is 24.4 Å². The number of rotatable bonds is 5. The molecule has 2 saturated heterocycles. The van der Waals surface area contributed by atoms with Gasteiger partial charge in [-0.2, -0.15) is 0 Å². The maximum absolute atomic E-state index is 10.0. The maximum atomic E-state index is 10.0. The van der Waals surface area contributed by atoms with E-state index in [9.17, 15) is 10.2 Å². The number of aliphatic hydroxyl groups excluding tert-OH is 2. The third-order valence-corrected chi connectivity index (χ3v) is 4.15. The Kier molecular flexibility index (Phi) is 5.01. The summed E-state index contributed by atoms with van der Waals surface area (Å²) in [5.74, 6) is 0. The van der Waals surface area contributed by atoms with Crippen LogP contribution in [0.15, 0.2) is 0 Å². The van der Waals surface area contributed by atoms with Gasteiger partial charge in [0.15, 0.2) is 0 Å². The van der Waals surface area contributed by atoms with Gasteiger partial charge in [-0.1, -0.05) is 0 Å². The monoisotopic (exact) mass is 258 g/mol. The Morgan fingerprint density at radius 3 is 1.50 bits per heavy atom. The van der Waals surface area contributed by atoms with Crippen LogP contribution in [0.25, 0.3) is 0 Å². The van der Waals surface area contributed by atoms with E-state index in [0.717, 1.165) is 25.7 Å². The molecule has 0 aromatic carbocycles. The highest BCUT2D eigenvalue weighted by molar-refractivity contribution is 4.81. The van der Waals surface area contributed by atoms with Crippen LogP contribution in [0.2, 0.25) is 0 Å². The van der Waals surface area contributed by atoms with Crippen molar-refractivity contribution in [3.8, 4) is 0 Å². The number of ether oxygens (including phenoxy) is 2. The van der Waals surface area contributed by atoms with Crippen molar-refractivity contribution in [2.75, 3.05) is 0 Å². The highest BCUT2D eigenvalue weighted by atomic mass is 16.5. The molecule has 4 heteroatoms. The Bertz CT molecular complexity index is 232. The van der Waals surface area contributed by atoms with Gasteiger partial charge in [-0.15, -0.1) is 0 Å². The first-order valence-corrected chi connectivity index (χ1v) is 7.23. The summed E-state index contributed by atoms with van der Waals surface area (Å²) in [6, 6.07) is 0. The minimum atomic E-state index is -0.455. The van der Waals surface area contributed by atoms with Gasteiger partial charge in [0.1, 0.15) is 0 Å². The molecule has 0 amide bonds. The first kappa shape index (κ1) is 14.3. The van der Waals surface area contributed by atoms with Gasteiger partial charge in [0.2, 0.25) is 0 Å². The summed E-state index contributed by atoms with van der Waals surface area (Å²) in [7, 11) is 0. The van der Waals surface area contributed by atoms with Crippen LogP contribution in [0, 0.1) is 0 Å². The van der Waals surface area contributed by atoms with Crippen LogP contribution in [-0.2, 0) is 9.47 Å². The lowest BCUT2D eigenvalue weighted by Crippen LogP contribution is -2.31. The van der Waals surface area contributed by atoms with E-state index in [0.29, 0.717) is 12.8 Å². The van der Waals surface area contributed by atoms with Gasteiger partial charge in [0.25, 0.3) is 0 Å². The quantitative estimate of drug-likeness (QED) is 0.787. The lowest BCUT2D eigenvalue weighted by Gasteiger charge is -2.22. The van der Waals surface area contributed by atoms with Crippen LogP contribution in [0.3, 0.4) is 0 Å². The zero-order valence-corrected chi connectivity index (χ0v) is 11.4. The normalized spacial score (nSPS) is 40.0. The highest BCUT2D eigenvalue weighted by Gasteiger charge is 2.31. The summed E-state index contributed by atoms with van der Waals surface area (Å²) in [5.41, 5.74) is 0. The predicted molar refractivity (Wildman–Crippen MR) is 68.4 cm³/mol. The van der Waals surface area contributed by atoms with Crippen molar-refractivity contribution < 1.29 is 19.7 Å². The molecule has 106 valence electrons. The van der Waals surface area contributed by atoms with E-state index in [4.69, 9.17) is 9.47 Å². The van der Waals surface area contributed by atoms with Gasteiger partial charge in [0, 0.05) is 0 Å². The van der Waals surface area contributed by atoms with E-state index in [1.165, 1.54) is 0 Å². The Morgan fingerprint density at radius 1 is 0.833 bits per heavy atom. The molecule has 1 unspecified atom stereocenters. The van der Waals surface area contributed by atoms with Crippen LogP contribution >= 0.6 is 0 Å². The second-order valence-electron chi connectivity index (χ2n) is 5.84. The van der Waals surface area contributed by atoms with Crippen LogP contribution in [0.4, 0.5) is 0 Å². The van der Waals surface area contributed by atoms with Crippen LogP contribution in [-0.4, -0.2) is 46.8 Å². The first-order valence-electron chi connectivity index (χ1n) is 7.23. The van der Waals surface area contributed by atoms with Gasteiger partial charge in [-0.25, -0.2) is 0 Å². The molecular formula is C14H26O4. The molecule has 0 saturated carbocycles. The number of aliphatic hydroxyl groups is 2. The van der Waals surface area contributed by atoms with E-state index >= 15 is 0 Å². The van der Waals surface area contributed by atoms with Gasteiger partial charge in [-0.3, -0.25) is 0 Å². The smallest absolute Gasteiger partial charge is 0.0838 e. The summed E-state index contributed by atoms with van der Waals surface area (Å²) in [4.78, 5) is 0. The minimum absolute atomic E-state index is 0.0457. The average Bonchev–Trinajstić information content (AvgIpc) is 2.94. The van der Waals surface area contributed by atoms with Crippen LogP contribution < -0.4 is 0 Å². The molecule has 4 nitrogen and oxygen atoms in total. The van der Waals surface area contributed by atoms with E-state index in [2.05, 4.69) is 0 Å². The van der Waals surface area contributed by atoms with Crippen molar-refractivity contribution in [2.24, 2.45) is 0 Å². The molecule has 0 bridgehead atoms. The molecule has 18 heavy (non-hydrogen) atoms. The molecule has 2 fully saturated rings. The fourth-order valence-corrected chi connectivity index (χ4v) is 2.95. The summed E-state index contributed by atoms with van der Waals surface area (Å²) in [6.45, 7) is 4.07. The SMILES string of the molecule is C[C@@H]1CCC([C@@H](O)CC[C@@H](O)[C@H]2CC[C@H](C)O2)O1. The Balaban J connectivity index is 1.67. The topological polar surface area (TPSA) is 58.9 Å². The van der Waals surface area contributed by atoms with Crippen molar-refractivity contribution in [1.29, 1.82) is 0 Å². The second-order valence-corrected chi connectivity index (χ2v) is 5.84. The van der Waals surface area contributed by atoms with Crippen molar-refractivity contribution >= 4 is 0 Å². The molecule has 2 rings (SSSR count). The standard InChI is InChI=1S/C14H26O4/c1-9-3-7-13(17-9)11(15)5-6-12(16)14-8-4-10(2)18-14/h9-16H,3-8H2,1-2H3/t9-,10+,11+,12-,13+,14?/m0/s1. The van der Waals surface area contributed by atoms with Gasteiger partial charge >= 0.3 is 0 Å². The fourth-order valence-electron chi connectivity index (χ4n) is 2.95. The molecule has 6 atom stereocenters. The molecule has 2 N–H and O–H groups in total. The second kappa shape index (κ2) is 6.33. The third kappa shape index (κ3) is 3.67. The van der Waals surface area contributed by atoms with Gasteiger partial charge < -0.3 is 19.7 Å². The third-order valence-electron chi connectivity index (χ3n) is 4.15. The number of hydrogen-bond acceptors (Lipinski definition) is 4. The summed E-state index contributed by atoms with van der Waals surface area (Å²) >= 11 is 0. The lowest BCUT2D eigenvalue weighted by atomic mass is 10.00. The summed E-state index contributed by atoms with van der Waals surface area (Å²) in [6.07, 6.45) is 4.59. The zero-order chi connectivity index (χ0) is 13.1. The molecule has 0 spiro atoms.